The van der Waals surface area contributed by atoms with Crippen molar-refractivity contribution in [2.24, 2.45) is 0 Å². The maximum atomic E-state index is 6.00. The number of hydrogen-bond donors (Lipinski definition) is 0. The summed E-state index contributed by atoms with van der Waals surface area (Å²) >= 11 is 18.0. The maximum Gasteiger partial charge on any atom is 0.348 e. The number of halogens is 3. The van der Waals surface area contributed by atoms with Crippen LogP contribution in [-0.2, 0) is 0 Å². The van der Waals surface area contributed by atoms with Gasteiger partial charge < -0.3 is 0 Å². The second-order valence-corrected chi connectivity index (χ2v) is 11.8. The molecule has 1 atom stereocenters. The second-order valence-electron chi connectivity index (χ2n) is 2.91. The molecule has 1 aromatic rings. The lowest BCUT2D eigenvalue weighted by Crippen LogP contribution is -2.22. The molecule has 13 heavy (non-hydrogen) atoms. The smallest absolute Gasteiger partial charge is 0.125 e. The van der Waals surface area contributed by atoms with Gasteiger partial charge >= 0.3 is 6.00 Å². The molecule has 4 heteroatoms. The molecule has 0 N–H and O–H groups in total. The van der Waals surface area contributed by atoms with Crippen molar-refractivity contribution >= 4 is 39.2 Å². The van der Waals surface area contributed by atoms with Crippen molar-refractivity contribution < 1.29 is 0 Å². The van der Waals surface area contributed by atoms with Gasteiger partial charge in [-0.25, -0.2) is 0 Å². The third-order valence-electron chi connectivity index (χ3n) is 2.01. The lowest BCUT2D eigenvalue weighted by atomic mass is 10.1. The third kappa shape index (κ3) is 3.17. The monoisotopic (exact) mass is 252 g/mol. The van der Waals surface area contributed by atoms with Crippen LogP contribution >= 0.6 is 33.2 Å². The fourth-order valence-electron chi connectivity index (χ4n) is 1.34. The molecule has 0 saturated carbocycles. The topological polar surface area (TPSA) is 0 Å². The van der Waals surface area contributed by atoms with Crippen molar-refractivity contribution in [3.8, 4) is 0 Å². The van der Waals surface area contributed by atoms with Crippen molar-refractivity contribution in [3.05, 3.63) is 35.9 Å². The van der Waals surface area contributed by atoms with Crippen molar-refractivity contribution in [2.45, 2.75) is 18.9 Å². The molecule has 1 aromatic carbocycles. The van der Waals surface area contributed by atoms with Crippen LogP contribution in [0.25, 0.3) is 0 Å². The van der Waals surface area contributed by atoms with Gasteiger partial charge in [-0.2, -0.15) is 0 Å². The van der Waals surface area contributed by atoms with E-state index in [4.69, 9.17) is 33.2 Å². The summed E-state index contributed by atoms with van der Waals surface area (Å²) in [6.07, 6.45) is 0.882. The quantitative estimate of drug-likeness (QED) is 0.554. The molecule has 0 bridgehead atoms. The maximum absolute atomic E-state index is 6.00. The van der Waals surface area contributed by atoms with Crippen molar-refractivity contribution in [1.29, 1.82) is 0 Å². The molecule has 0 nitrogen and oxygen atoms in total. The standard InChI is InChI=1S/C9H11Cl3Si/c1-2-9(13(10,11)12)8-6-4-3-5-7-8/h3-7,9H,2H2,1H3/t9-/m1/s1. The first-order valence-electron chi connectivity index (χ1n) is 4.17. The highest BCUT2D eigenvalue weighted by atomic mass is 35.8. The van der Waals surface area contributed by atoms with Gasteiger partial charge in [0.1, 0.15) is 0 Å². The Hall–Kier alpha value is 0.307. The predicted molar refractivity (Wildman–Crippen MR) is 62.8 cm³/mol. The van der Waals surface area contributed by atoms with Gasteiger partial charge in [-0.15, -0.1) is 33.2 Å². The molecule has 0 aromatic heterocycles. The fraction of sp³-hybridized carbons (Fsp3) is 0.333. The molecule has 0 unspecified atom stereocenters. The molecular formula is C9H11Cl3Si. The summed E-state index contributed by atoms with van der Waals surface area (Å²) in [6, 6.07) is 7.34. The SMILES string of the molecule is CC[C@H](c1ccccc1)[Si](Cl)(Cl)Cl. The largest absolute Gasteiger partial charge is 0.348 e. The molecule has 0 radical (unpaired) electrons. The highest BCUT2D eigenvalue weighted by molar-refractivity contribution is 7.65. The normalized spacial score (nSPS) is 14.2. The van der Waals surface area contributed by atoms with Crippen LogP contribution in [-0.4, -0.2) is 6.00 Å². The Bertz CT molecular complexity index is 255. The van der Waals surface area contributed by atoms with E-state index in [9.17, 15) is 0 Å². The first-order chi connectivity index (χ1) is 6.05. The van der Waals surface area contributed by atoms with E-state index in [2.05, 4.69) is 0 Å². The van der Waals surface area contributed by atoms with E-state index in [0.717, 1.165) is 12.0 Å². The molecule has 72 valence electrons. The summed E-state index contributed by atoms with van der Waals surface area (Å²) < 4.78 is 0. The number of rotatable bonds is 3. The van der Waals surface area contributed by atoms with Crippen LogP contribution in [0.2, 0.25) is 0 Å². The summed E-state index contributed by atoms with van der Waals surface area (Å²) in [7, 11) is 0. The molecule has 1 rings (SSSR count). The predicted octanol–water partition coefficient (Wildman–Crippen LogP) is 4.37. The molecule has 0 aliphatic rings. The Morgan fingerprint density at radius 3 is 2.08 bits per heavy atom. The zero-order valence-electron chi connectivity index (χ0n) is 7.31. The molecule has 0 aliphatic carbocycles. The highest BCUT2D eigenvalue weighted by Gasteiger charge is 2.36. The first-order valence-corrected chi connectivity index (χ1v) is 9.28. The second kappa shape index (κ2) is 4.69. The lowest BCUT2D eigenvalue weighted by Gasteiger charge is -2.20. The van der Waals surface area contributed by atoms with E-state index < -0.39 is 6.00 Å². The van der Waals surface area contributed by atoms with Crippen LogP contribution in [0.1, 0.15) is 24.4 Å². The van der Waals surface area contributed by atoms with E-state index in [0.29, 0.717) is 0 Å². The minimum Gasteiger partial charge on any atom is -0.125 e. The van der Waals surface area contributed by atoms with Gasteiger partial charge in [-0.3, -0.25) is 0 Å². The molecule has 0 saturated heterocycles. The Morgan fingerprint density at radius 2 is 1.69 bits per heavy atom. The van der Waals surface area contributed by atoms with Gasteiger partial charge in [0.2, 0.25) is 0 Å². The summed E-state index contributed by atoms with van der Waals surface area (Å²) in [5, 5.41) is 0. The highest BCUT2D eigenvalue weighted by Crippen LogP contribution is 2.38. The van der Waals surface area contributed by atoms with Crippen molar-refractivity contribution in [2.75, 3.05) is 0 Å². The van der Waals surface area contributed by atoms with E-state index in [1.807, 2.05) is 37.3 Å². The first kappa shape index (κ1) is 11.4. The average molecular weight is 254 g/mol. The van der Waals surface area contributed by atoms with Crippen LogP contribution in [0.15, 0.2) is 30.3 Å². The molecule has 0 spiro atoms. The van der Waals surface area contributed by atoms with E-state index in [-0.39, 0.29) is 5.54 Å². The van der Waals surface area contributed by atoms with Crippen LogP contribution in [0.3, 0.4) is 0 Å². The molecule has 0 amide bonds. The Labute approximate surface area is 93.9 Å². The van der Waals surface area contributed by atoms with Crippen LogP contribution < -0.4 is 0 Å². The minimum atomic E-state index is -2.61. The Balaban J connectivity index is 2.92. The Morgan fingerprint density at radius 1 is 1.15 bits per heavy atom. The fourth-order valence-corrected chi connectivity index (χ4v) is 4.90. The Kier molecular flexibility index (Phi) is 4.11. The van der Waals surface area contributed by atoms with Gasteiger partial charge in [0, 0.05) is 5.54 Å². The number of hydrogen-bond acceptors (Lipinski definition) is 0. The summed E-state index contributed by atoms with van der Waals surface area (Å²) in [5.41, 5.74) is 1.25. The van der Waals surface area contributed by atoms with Gasteiger partial charge in [0.25, 0.3) is 0 Å². The van der Waals surface area contributed by atoms with Gasteiger partial charge in [-0.05, 0) is 12.0 Å². The van der Waals surface area contributed by atoms with Crippen LogP contribution in [0, 0.1) is 0 Å². The van der Waals surface area contributed by atoms with E-state index in [1.54, 1.807) is 0 Å². The van der Waals surface area contributed by atoms with E-state index >= 15 is 0 Å². The molecule has 0 heterocycles. The minimum absolute atomic E-state index is 0.110. The average Bonchev–Trinajstić information content (AvgIpc) is 2.05. The molecule has 0 aliphatic heterocycles. The third-order valence-corrected chi connectivity index (χ3v) is 5.91. The summed E-state index contributed by atoms with van der Waals surface area (Å²) in [6.45, 7) is 2.05. The molecular weight excluding hydrogens is 243 g/mol. The van der Waals surface area contributed by atoms with Crippen LogP contribution in [0.4, 0.5) is 0 Å². The van der Waals surface area contributed by atoms with Gasteiger partial charge in [0.15, 0.2) is 0 Å². The number of benzene rings is 1. The summed E-state index contributed by atoms with van der Waals surface area (Å²) in [5.74, 6) is 0. The lowest BCUT2D eigenvalue weighted by molar-refractivity contribution is 0.872. The summed E-state index contributed by atoms with van der Waals surface area (Å²) in [4.78, 5) is 0. The van der Waals surface area contributed by atoms with Gasteiger partial charge in [-0.1, -0.05) is 37.3 Å². The zero-order valence-corrected chi connectivity index (χ0v) is 10.6. The van der Waals surface area contributed by atoms with E-state index in [1.165, 1.54) is 0 Å². The molecule has 0 fully saturated rings. The zero-order chi connectivity index (χ0) is 9.90. The van der Waals surface area contributed by atoms with Gasteiger partial charge in [0.05, 0.1) is 0 Å². The van der Waals surface area contributed by atoms with Crippen molar-refractivity contribution in [3.63, 3.8) is 0 Å². The van der Waals surface area contributed by atoms with Crippen molar-refractivity contribution in [1.82, 2.24) is 0 Å². The van der Waals surface area contributed by atoms with Crippen LogP contribution in [0.5, 0.6) is 0 Å².